The van der Waals surface area contributed by atoms with Crippen LogP contribution in [-0.4, -0.2) is 35.7 Å². The molecule has 7 heteroatoms. The lowest BCUT2D eigenvalue weighted by molar-refractivity contribution is -0.128. The minimum Gasteiger partial charge on any atom is -0.370 e. The number of carbonyl (C=O) groups is 3. The van der Waals surface area contributed by atoms with Gasteiger partial charge in [0.15, 0.2) is 0 Å². The summed E-state index contributed by atoms with van der Waals surface area (Å²) in [6, 6.07) is 12.5. The molecule has 0 spiro atoms. The molecule has 1 aliphatic rings. The van der Waals surface area contributed by atoms with Crippen LogP contribution in [0, 0.1) is 5.82 Å². The SMILES string of the molecule is NC(=O)CCN(C(=O)c1cccc(CN2CCCC2=O)c1)c1ccc(F)cc1. The van der Waals surface area contributed by atoms with Gasteiger partial charge < -0.3 is 15.5 Å². The fourth-order valence-corrected chi connectivity index (χ4v) is 3.24. The fourth-order valence-electron chi connectivity index (χ4n) is 3.24. The maximum atomic E-state index is 13.3. The van der Waals surface area contributed by atoms with Crippen molar-refractivity contribution in [1.29, 1.82) is 0 Å². The van der Waals surface area contributed by atoms with E-state index in [4.69, 9.17) is 5.73 Å². The second kappa shape index (κ2) is 8.65. The van der Waals surface area contributed by atoms with Crippen LogP contribution in [0.25, 0.3) is 0 Å². The Morgan fingerprint density at radius 2 is 1.89 bits per heavy atom. The van der Waals surface area contributed by atoms with Crippen molar-refractivity contribution in [2.75, 3.05) is 18.0 Å². The highest BCUT2D eigenvalue weighted by atomic mass is 19.1. The summed E-state index contributed by atoms with van der Waals surface area (Å²) in [6.45, 7) is 1.27. The largest absolute Gasteiger partial charge is 0.370 e. The average molecular weight is 383 g/mol. The molecule has 1 heterocycles. The van der Waals surface area contributed by atoms with Gasteiger partial charge in [-0.2, -0.15) is 0 Å². The quantitative estimate of drug-likeness (QED) is 0.797. The summed E-state index contributed by atoms with van der Waals surface area (Å²) in [5, 5.41) is 0. The first-order chi connectivity index (χ1) is 13.4. The zero-order chi connectivity index (χ0) is 20.1. The van der Waals surface area contributed by atoms with Gasteiger partial charge in [0, 0.05) is 43.7 Å². The van der Waals surface area contributed by atoms with Crippen molar-refractivity contribution < 1.29 is 18.8 Å². The number of nitrogens with two attached hydrogens (primary N) is 1. The molecule has 1 aliphatic heterocycles. The Balaban J connectivity index is 1.83. The van der Waals surface area contributed by atoms with E-state index >= 15 is 0 Å². The molecular formula is C21H22FN3O3. The molecule has 0 unspecified atom stereocenters. The van der Waals surface area contributed by atoms with Gasteiger partial charge in [-0.15, -0.1) is 0 Å². The summed E-state index contributed by atoms with van der Waals surface area (Å²) in [7, 11) is 0. The van der Waals surface area contributed by atoms with Crippen molar-refractivity contribution in [1.82, 2.24) is 4.90 Å². The number of hydrogen-bond donors (Lipinski definition) is 1. The van der Waals surface area contributed by atoms with E-state index in [1.54, 1.807) is 23.1 Å². The van der Waals surface area contributed by atoms with Crippen LogP contribution in [-0.2, 0) is 16.1 Å². The Bertz CT molecular complexity index is 883. The molecule has 1 fully saturated rings. The number of carbonyl (C=O) groups excluding carboxylic acids is 3. The summed E-state index contributed by atoms with van der Waals surface area (Å²) >= 11 is 0. The predicted octanol–water partition coefficient (Wildman–Crippen LogP) is 2.47. The number of rotatable bonds is 7. The summed E-state index contributed by atoms with van der Waals surface area (Å²) < 4.78 is 13.3. The van der Waals surface area contributed by atoms with E-state index in [1.165, 1.54) is 29.2 Å². The molecule has 0 bridgehead atoms. The number of benzene rings is 2. The molecule has 3 rings (SSSR count). The first-order valence-electron chi connectivity index (χ1n) is 9.16. The van der Waals surface area contributed by atoms with Gasteiger partial charge in [0.25, 0.3) is 5.91 Å². The first kappa shape index (κ1) is 19.5. The Labute approximate surface area is 162 Å². The van der Waals surface area contributed by atoms with E-state index in [0.29, 0.717) is 24.2 Å². The topological polar surface area (TPSA) is 83.7 Å². The summed E-state index contributed by atoms with van der Waals surface area (Å²) in [4.78, 5) is 39.3. The lowest BCUT2D eigenvalue weighted by Crippen LogP contribution is -2.34. The minimum atomic E-state index is -0.527. The number of anilines is 1. The molecule has 0 aromatic heterocycles. The van der Waals surface area contributed by atoms with Gasteiger partial charge in [-0.25, -0.2) is 4.39 Å². The Morgan fingerprint density at radius 3 is 2.54 bits per heavy atom. The third-order valence-corrected chi connectivity index (χ3v) is 4.68. The zero-order valence-corrected chi connectivity index (χ0v) is 15.4. The molecule has 2 aromatic rings. The molecule has 0 aliphatic carbocycles. The average Bonchev–Trinajstić information content (AvgIpc) is 3.07. The molecular weight excluding hydrogens is 361 g/mol. The van der Waals surface area contributed by atoms with Gasteiger partial charge in [-0.3, -0.25) is 14.4 Å². The van der Waals surface area contributed by atoms with Crippen LogP contribution in [0.3, 0.4) is 0 Å². The van der Waals surface area contributed by atoms with Gasteiger partial charge in [0.05, 0.1) is 0 Å². The first-order valence-corrected chi connectivity index (χ1v) is 9.16. The Hall–Kier alpha value is -3.22. The van der Waals surface area contributed by atoms with Gasteiger partial charge in [-0.05, 0) is 48.4 Å². The molecule has 146 valence electrons. The number of halogens is 1. The number of primary amides is 1. The van der Waals surface area contributed by atoms with Gasteiger partial charge >= 0.3 is 0 Å². The maximum Gasteiger partial charge on any atom is 0.258 e. The second-order valence-corrected chi connectivity index (χ2v) is 6.77. The van der Waals surface area contributed by atoms with E-state index in [-0.39, 0.29) is 24.8 Å². The van der Waals surface area contributed by atoms with Crippen LogP contribution in [0.1, 0.15) is 35.2 Å². The molecule has 0 atom stereocenters. The smallest absolute Gasteiger partial charge is 0.258 e. The zero-order valence-electron chi connectivity index (χ0n) is 15.4. The molecule has 1 saturated heterocycles. The second-order valence-electron chi connectivity index (χ2n) is 6.77. The van der Waals surface area contributed by atoms with Gasteiger partial charge in [0.1, 0.15) is 5.82 Å². The maximum absolute atomic E-state index is 13.3. The lowest BCUT2D eigenvalue weighted by Gasteiger charge is -2.23. The minimum absolute atomic E-state index is 0.00884. The van der Waals surface area contributed by atoms with Crippen molar-refractivity contribution >= 4 is 23.4 Å². The molecule has 2 aromatic carbocycles. The highest BCUT2D eigenvalue weighted by Crippen LogP contribution is 2.20. The molecule has 0 radical (unpaired) electrons. The monoisotopic (exact) mass is 383 g/mol. The van der Waals surface area contributed by atoms with Crippen LogP contribution in [0.4, 0.5) is 10.1 Å². The van der Waals surface area contributed by atoms with Crippen LogP contribution < -0.4 is 10.6 Å². The number of amides is 3. The van der Waals surface area contributed by atoms with E-state index in [9.17, 15) is 18.8 Å². The third kappa shape index (κ3) is 4.73. The molecule has 2 N–H and O–H groups in total. The van der Waals surface area contributed by atoms with Crippen molar-refractivity contribution in [2.45, 2.75) is 25.8 Å². The Kier molecular flexibility index (Phi) is 6.03. The number of likely N-dealkylation sites (tertiary alicyclic amines) is 1. The van der Waals surface area contributed by atoms with E-state index < -0.39 is 11.7 Å². The standard InChI is InChI=1S/C21H22FN3O3/c22-17-6-8-18(9-7-17)25(12-10-19(23)26)21(28)16-4-1-3-15(13-16)14-24-11-2-5-20(24)27/h1,3-4,6-9,13H,2,5,10-12,14H2,(H2,23,26). The van der Waals surface area contributed by atoms with E-state index in [0.717, 1.165) is 18.5 Å². The fraction of sp³-hybridized carbons (Fsp3) is 0.286. The highest BCUT2D eigenvalue weighted by molar-refractivity contribution is 6.06. The van der Waals surface area contributed by atoms with Crippen LogP contribution >= 0.6 is 0 Å². The van der Waals surface area contributed by atoms with Crippen molar-refractivity contribution in [2.24, 2.45) is 5.73 Å². The Morgan fingerprint density at radius 1 is 1.14 bits per heavy atom. The summed E-state index contributed by atoms with van der Waals surface area (Å²) in [5.41, 5.74) is 7.00. The predicted molar refractivity (Wildman–Crippen MR) is 103 cm³/mol. The molecule has 0 saturated carbocycles. The number of hydrogen-bond acceptors (Lipinski definition) is 3. The van der Waals surface area contributed by atoms with Crippen molar-refractivity contribution in [3.63, 3.8) is 0 Å². The molecule has 6 nitrogen and oxygen atoms in total. The lowest BCUT2D eigenvalue weighted by atomic mass is 10.1. The van der Waals surface area contributed by atoms with Crippen LogP contribution in [0.2, 0.25) is 0 Å². The van der Waals surface area contributed by atoms with Crippen molar-refractivity contribution in [3.05, 3.63) is 65.5 Å². The summed E-state index contributed by atoms with van der Waals surface area (Å²) in [5.74, 6) is -1.14. The molecule has 3 amide bonds. The van der Waals surface area contributed by atoms with Crippen LogP contribution in [0.5, 0.6) is 0 Å². The molecule has 28 heavy (non-hydrogen) atoms. The van der Waals surface area contributed by atoms with Crippen molar-refractivity contribution in [3.8, 4) is 0 Å². The summed E-state index contributed by atoms with van der Waals surface area (Å²) in [6.07, 6.45) is 1.40. The van der Waals surface area contributed by atoms with E-state index in [1.807, 2.05) is 6.07 Å². The third-order valence-electron chi connectivity index (χ3n) is 4.68. The normalized spacial score (nSPS) is 13.6. The number of nitrogens with zero attached hydrogens (tertiary/aromatic N) is 2. The van der Waals surface area contributed by atoms with Crippen LogP contribution in [0.15, 0.2) is 48.5 Å². The van der Waals surface area contributed by atoms with E-state index in [2.05, 4.69) is 0 Å². The van der Waals surface area contributed by atoms with Gasteiger partial charge in [-0.1, -0.05) is 12.1 Å². The van der Waals surface area contributed by atoms with Gasteiger partial charge in [0.2, 0.25) is 11.8 Å². The highest BCUT2D eigenvalue weighted by Gasteiger charge is 2.22.